The smallest absolute Gasteiger partial charge is 0.319 e. The maximum atomic E-state index is 12.4. The summed E-state index contributed by atoms with van der Waals surface area (Å²) in [5.41, 5.74) is 0.734. The third-order valence-electron chi connectivity index (χ3n) is 3.95. The molecule has 0 radical (unpaired) electrons. The Bertz CT molecular complexity index is 533. The molecule has 2 aliphatic rings. The highest BCUT2D eigenvalue weighted by atomic mass is 16.2. The van der Waals surface area contributed by atoms with Gasteiger partial charge in [0.2, 0.25) is 5.91 Å². The average Bonchev–Trinajstić information content (AvgIpc) is 2.99. The second kappa shape index (κ2) is 4.73. The minimum absolute atomic E-state index is 0.0261. The third-order valence-corrected chi connectivity index (χ3v) is 3.95. The highest BCUT2D eigenvalue weighted by molar-refractivity contribution is 5.98. The minimum atomic E-state index is -0.0980. The first-order valence-corrected chi connectivity index (χ1v) is 6.60. The summed E-state index contributed by atoms with van der Waals surface area (Å²) < 4.78 is 0. The standard InChI is InChI=1S/C13H17N5O2/c1-16(2)13(20)17-5-9-6-18(12(19)11(9)7-17)10-3-14-8-15-4-10/h3-4,8-9,11H,5-7H2,1-2H3/t9-,11-/m1/s1. The second-order valence-electron chi connectivity index (χ2n) is 5.49. The normalized spacial score (nSPS) is 25.0. The van der Waals surface area contributed by atoms with Gasteiger partial charge in [0, 0.05) is 39.6 Å². The van der Waals surface area contributed by atoms with Gasteiger partial charge in [0.25, 0.3) is 0 Å². The van der Waals surface area contributed by atoms with Crippen molar-refractivity contribution < 1.29 is 9.59 Å². The number of likely N-dealkylation sites (tertiary alicyclic amines) is 1. The Hall–Kier alpha value is -2.18. The first-order chi connectivity index (χ1) is 9.58. The van der Waals surface area contributed by atoms with E-state index in [1.165, 1.54) is 6.33 Å². The van der Waals surface area contributed by atoms with Gasteiger partial charge < -0.3 is 14.7 Å². The molecule has 0 bridgehead atoms. The molecule has 106 valence electrons. The van der Waals surface area contributed by atoms with Gasteiger partial charge in [-0.1, -0.05) is 0 Å². The molecular weight excluding hydrogens is 258 g/mol. The van der Waals surface area contributed by atoms with Crippen LogP contribution in [-0.2, 0) is 4.79 Å². The molecule has 0 aromatic carbocycles. The summed E-state index contributed by atoms with van der Waals surface area (Å²) in [6.07, 6.45) is 4.74. The molecule has 2 aliphatic heterocycles. The van der Waals surface area contributed by atoms with Gasteiger partial charge in [-0.3, -0.25) is 4.79 Å². The number of hydrogen-bond acceptors (Lipinski definition) is 4. The molecule has 0 aliphatic carbocycles. The first kappa shape index (κ1) is 12.8. The monoisotopic (exact) mass is 275 g/mol. The molecule has 7 heteroatoms. The molecule has 0 N–H and O–H groups in total. The van der Waals surface area contributed by atoms with E-state index in [0.29, 0.717) is 19.6 Å². The van der Waals surface area contributed by atoms with Gasteiger partial charge in [0.05, 0.1) is 24.0 Å². The summed E-state index contributed by atoms with van der Waals surface area (Å²) in [5.74, 6) is 0.171. The fraction of sp³-hybridized carbons (Fsp3) is 0.538. The molecular formula is C13H17N5O2. The summed E-state index contributed by atoms with van der Waals surface area (Å²) in [6, 6.07) is -0.0261. The highest BCUT2D eigenvalue weighted by Crippen LogP contribution is 2.34. The molecule has 0 saturated carbocycles. The Morgan fingerprint density at radius 2 is 1.95 bits per heavy atom. The number of carbonyl (C=O) groups excluding carboxylic acids is 2. The number of amides is 3. The predicted molar refractivity (Wildman–Crippen MR) is 72.0 cm³/mol. The lowest BCUT2D eigenvalue weighted by molar-refractivity contribution is -0.120. The van der Waals surface area contributed by atoms with Crippen LogP contribution in [0.5, 0.6) is 0 Å². The zero-order valence-corrected chi connectivity index (χ0v) is 11.6. The van der Waals surface area contributed by atoms with E-state index in [-0.39, 0.29) is 23.8 Å². The van der Waals surface area contributed by atoms with Gasteiger partial charge in [-0.15, -0.1) is 0 Å². The van der Waals surface area contributed by atoms with Gasteiger partial charge in [-0.2, -0.15) is 0 Å². The lowest BCUT2D eigenvalue weighted by Gasteiger charge is -2.24. The number of rotatable bonds is 1. The maximum absolute atomic E-state index is 12.4. The SMILES string of the molecule is CN(C)C(=O)N1C[C@@H]2CN(c3cncnc3)C(=O)[C@@H]2C1. The lowest BCUT2D eigenvalue weighted by atomic mass is 10.0. The summed E-state index contributed by atoms with van der Waals surface area (Å²) in [5, 5.41) is 0. The quantitative estimate of drug-likeness (QED) is 0.726. The average molecular weight is 275 g/mol. The molecule has 2 atom stereocenters. The van der Waals surface area contributed by atoms with E-state index >= 15 is 0 Å². The molecule has 3 amide bonds. The van der Waals surface area contributed by atoms with Crippen molar-refractivity contribution in [1.82, 2.24) is 19.8 Å². The van der Waals surface area contributed by atoms with E-state index in [1.807, 2.05) is 0 Å². The second-order valence-corrected chi connectivity index (χ2v) is 5.49. The third kappa shape index (κ3) is 1.99. The van der Waals surface area contributed by atoms with Crippen LogP contribution in [0.1, 0.15) is 0 Å². The molecule has 0 unspecified atom stereocenters. The Kier molecular flexibility index (Phi) is 3.04. The predicted octanol–water partition coefficient (Wildman–Crippen LogP) is 0.0528. The molecule has 3 heterocycles. The van der Waals surface area contributed by atoms with Crippen LogP contribution in [0.25, 0.3) is 0 Å². The van der Waals surface area contributed by atoms with Crippen molar-refractivity contribution in [3.05, 3.63) is 18.7 Å². The lowest BCUT2D eigenvalue weighted by Crippen LogP contribution is -2.40. The van der Waals surface area contributed by atoms with Gasteiger partial charge in [0.15, 0.2) is 0 Å². The largest absolute Gasteiger partial charge is 0.331 e. The van der Waals surface area contributed by atoms with E-state index in [0.717, 1.165) is 5.69 Å². The molecule has 1 aromatic heterocycles. The summed E-state index contributed by atoms with van der Waals surface area (Å²) in [7, 11) is 3.46. The van der Waals surface area contributed by atoms with Crippen LogP contribution < -0.4 is 4.90 Å². The first-order valence-electron chi connectivity index (χ1n) is 6.60. The Morgan fingerprint density at radius 3 is 2.55 bits per heavy atom. The fourth-order valence-corrected chi connectivity index (χ4v) is 2.96. The summed E-state index contributed by atoms with van der Waals surface area (Å²) in [6.45, 7) is 1.77. The van der Waals surface area contributed by atoms with E-state index in [9.17, 15) is 9.59 Å². The zero-order chi connectivity index (χ0) is 14.3. The molecule has 2 fully saturated rings. The Morgan fingerprint density at radius 1 is 1.25 bits per heavy atom. The number of hydrogen-bond donors (Lipinski definition) is 0. The van der Waals surface area contributed by atoms with Crippen molar-refractivity contribution in [2.24, 2.45) is 11.8 Å². The Balaban J connectivity index is 1.73. The number of urea groups is 1. The van der Waals surface area contributed by atoms with Crippen LogP contribution in [0.4, 0.5) is 10.5 Å². The van der Waals surface area contributed by atoms with Crippen molar-refractivity contribution in [3.8, 4) is 0 Å². The maximum Gasteiger partial charge on any atom is 0.319 e. The Labute approximate surface area is 117 Å². The number of anilines is 1. The molecule has 3 rings (SSSR count). The number of carbonyl (C=O) groups is 2. The van der Waals surface area contributed by atoms with Crippen LogP contribution in [0.2, 0.25) is 0 Å². The summed E-state index contributed by atoms with van der Waals surface area (Å²) >= 11 is 0. The molecule has 20 heavy (non-hydrogen) atoms. The highest BCUT2D eigenvalue weighted by Gasteiger charge is 2.48. The molecule has 7 nitrogen and oxygen atoms in total. The van der Waals surface area contributed by atoms with Gasteiger partial charge in [0.1, 0.15) is 6.33 Å². The van der Waals surface area contributed by atoms with Gasteiger partial charge >= 0.3 is 6.03 Å². The number of fused-ring (bicyclic) bond motifs is 1. The van der Waals surface area contributed by atoms with Gasteiger partial charge in [-0.25, -0.2) is 14.8 Å². The number of aromatic nitrogens is 2. The molecule has 2 saturated heterocycles. The van der Waals surface area contributed by atoms with Crippen LogP contribution in [0, 0.1) is 11.8 Å². The van der Waals surface area contributed by atoms with Crippen LogP contribution in [0.15, 0.2) is 18.7 Å². The van der Waals surface area contributed by atoms with E-state index in [2.05, 4.69) is 9.97 Å². The van der Waals surface area contributed by atoms with Gasteiger partial charge in [-0.05, 0) is 0 Å². The van der Waals surface area contributed by atoms with Crippen molar-refractivity contribution >= 4 is 17.6 Å². The molecule has 1 aromatic rings. The van der Waals surface area contributed by atoms with Crippen molar-refractivity contribution in [1.29, 1.82) is 0 Å². The van der Waals surface area contributed by atoms with E-state index in [4.69, 9.17) is 0 Å². The van der Waals surface area contributed by atoms with Crippen molar-refractivity contribution in [2.45, 2.75) is 0 Å². The number of nitrogens with zero attached hydrogens (tertiary/aromatic N) is 5. The van der Waals surface area contributed by atoms with E-state index < -0.39 is 0 Å². The summed E-state index contributed by atoms with van der Waals surface area (Å²) in [4.78, 5) is 37.3. The topological polar surface area (TPSA) is 69.6 Å². The van der Waals surface area contributed by atoms with E-state index in [1.54, 1.807) is 41.2 Å². The van der Waals surface area contributed by atoms with Crippen LogP contribution in [-0.4, -0.2) is 65.4 Å². The molecule has 0 spiro atoms. The van der Waals surface area contributed by atoms with Crippen LogP contribution in [0.3, 0.4) is 0 Å². The van der Waals surface area contributed by atoms with Crippen molar-refractivity contribution in [2.75, 3.05) is 38.6 Å². The fourth-order valence-electron chi connectivity index (χ4n) is 2.96. The zero-order valence-electron chi connectivity index (χ0n) is 11.6. The van der Waals surface area contributed by atoms with Crippen LogP contribution >= 0.6 is 0 Å². The minimum Gasteiger partial charge on any atom is -0.331 e. The van der Waals surface area contributed by atoms with Crippen molar-refractivity contribution in [3.63, 3.8) is 0 Å².